The van der Waals surface area contributed by atoms with Crippen LogP contribution in [0.25, 0.3) is 5.57 Å². The van der Waals surface area contributed by atoms with Gasteiger partial charge in [0.05, 0.1) is 37.8 Å². The molecule has 5 nitrogen and oxygen atoms in total. The van der Waals surface area contributed by atoms with Crippen LogP contribution in [-0.2, 0) is 22.5 Å². The fourth-order valence-electron chi connectivity index (χ4n) is 3.89. The Balaban J connectivity index is 1.54. The molecule has 29 heavy (non-hydrogen) atoms. The molecular weight excluding hydrogens is 371 g/mol. The van der Waals surface area contributed by atoms with E-state index in [4.69, 9.17) is 14.7 Å². The number of fused-ring (bicyclic) bond motifs is 2. The number of amides is 1. The highest BCUT2D eigenvalue weighted by atomic mass is 19.1. The summed E-state index contributed by atoms with van der Waals surface area (Å²) in [7, 11) is 0. The normalized spacial score (nSPS) is 20.6. The fraction of sp³-hybridized carbons (Fsp3) is 0.304. The predicted molar refractivity (Wildman–Crippen MR) is 105 cm³/mol. The summed E-state index contributed by atoms with van der Waals surface area (Å²) in [5, 5.41) is 8.92. The molecule has 2 heterocycles. The summed E-state index contributed by atoms with van der Waals surface area (Å²) in [5.41, 5.74) is 3.03. The highest BCUT2D eigenvalue weighted by molar-refractivity contribution is 5.75. The zero-order chi connectivity index (χ0) is 20.2. The molecule has 2 unspecified atom stereocenters. The van der Waals surface area contributed by atoms with E-state index in [1.165, 1.54) is 6.07 Å². The van der Waals surface area contributed by atoms with Crippen molar-refractivity contribution in [1.29, 1.82) is 5.26 Å². The van der Waals surface area contributed by atoms with Crippen molar-refractivity contribution in [2.75, 3.05) is 13.2 Å². The smallest absolute Gasteiger partial charge is 0.411 e. The zero-order valence-corrected chi connectivity index (χ0v) is 15.9. The van der Waals surface area contributed by atoms with Gasteiger partial charge in [-0.1, -0.05) is 42.5 Å². The van der Waals surface area contributed by atoms with E-state index in [9.17, 15) is 9.18 Å². The van der Waals surface area contributed by atoms with Crippen LogP contribution in [-0.4, -0.2) is 36.3 Å². The lowest BCUT2D eigenvalue weighted by Crippen LogP contribution is -2.56. The van der Waals surface area contributed by atoms with Crippen molar-refractivity contribution in [3.63, 3.8) is 0 Å². The summed E-state index contributed by atoms with van der Waals surface area (Å²) in [6, 6.07) is 15.8. The Hall–Kier alpha value is -3.17. The summed E-state index contributed by atoms with van der Waals surface area (Å²) in [5.74, 6) is -0.322. The van der Waals surface area contributed by atoms with E-state index in [0.717, 1.165) is 16.7 Å². The molecule has 2 aromatic rings. The van der Waals surface area contributed by atoms with Crippen molar-refractivity contribution in [2.24, 2.45) is 0 Å². The van der Waals surface area contributed by atoms with E-state index in [2.05, 4.69) is 6.07 Å². The first-order valence-corrected chi connectivity index (χ1v) is 9.59. The Kier molecular flexibility index (Phi) is 5.59. The van der Waals surface area contributed by atoms with Crippen LogP contribution in [0.2, 0.25) is 0 Å². The van der Waals surface area contributed by atoms with E-state index < -0.39 is 0 Å². The maximum absolute atomic E-state index is 14.5. The number of benzene rings is 2. The Morgan fingerprint density at radius 3 is 2.79 bits per heavy atom. The van der Waals surface area contributed by atoms with E-state index in [-0.39, 0.29) is 37.0 Å². The second kappa shape index (κ2) is 8.46. The summed E-state index contributed by atoms with van der Waals surface area (Å²) in [6.45, 7) is 0.936. The molecule has 2 bridgehead atoms. The summed E-state index contributed by atoms with van der Waals surface area (Å²) < 4.78 is 25.6. The predicted octanol–water partition coefficient (Wildman–Crippen LogP) is 4.09. The number of hydrogen-bond donors (Lipinski definition) is 0. The van der Waals surface area contributed by atoms with Crippen molar-refractivity contribution in [2.45, 2.75) is 31.5 Å². The topological polar surface area (TPSA) is 62.6 Å². The Bertz CT molecular complexity index is 968. The molecule has 0 radical (unpaired) electrons. The molecule has 2 atom stereocenters. The maximum Gasteiger partial charge on any atom is 0.411 e. The highest BCUT2D eigenvalue weighted by Crippen LogP contribution is 2.34. The molecule has 2 aliphatic heterocycles. The molecule has 0 spiro atoms. The Morgan fingerprint density at radius 2 is 2.03 bits per heavy atom. The number of halogens is 1. The van der Waals surface area contributed by atoms with Crippen molar-refractivity contribution < 1.29 is 18.7 Å². The first-order valence-electron chi connectivity index (χ1n) is 9.59. The number of ether oxygens (including phenoxy) is 2. The molecule has 1 fully saturated rings. The molecule has 6 heteroatoms. The van der Waals surface area contributed by atoms with Gasteiger partial charge < -0.3 is 9.47 Å². The molecule has 0 saturated carbocycles. The molecule has 0 aliphatic carbocycles. The van der Waals surface area contributed by atoms with Gasteiger partial charge in [0.25, 0.3) is 0 Å². The molecule has 0 N–H and O–H groups in total. The number of rotatable bonds is 4. The third-order valence-corrected chi connectivity index (χ3v) is 5.27. The number of nitrogens with zero attached hydrogens (tertiary/aromatic N) is 2. The van der Waals surface area contributed by atoms with Crippen LogP contribution in [0.1, 0.15) is 23.1 Å². The van der Waals surface area contributed by atoms with E-state index >= 15 is 0 Å². The van der Waals surface area contributed by atoms with E-state index in [1.54, 1.807) is 17.0 Å². The van der Waals surface area contributed by atoms with Crippen LogP contribution in [0.3, 0.4) is 0 Å². The quantitative estimate of drug-likeness (QED) is 0.786. The molecule has 1 amide bonds. The number of morpholine rings is 1. The third kappa shape index (κ3) is 4.15. The van der Waals surface area contributed by atoms with E-state index in [1.807, 2.05) is 36.4 Å². The summed E-state index contributed by atoms with van der Waals surface area (Å²) in [4.78, 5) is 14.4. The first kappa shape index (κ1) is 19.2. The lowest BCUT2D eigenvalue weighted by molar-refractivity contribution is -0.0342. The lowest BCUT2D eigenvalue weighted by Gasteiger charge is -2.43. The minimum Gasteiger partial charge on any atom is -0.445 e. The zero-order valence-electron chi connectivity index (χ0n) is 15.9. The minimum absolute atomic E-state index is 0.206. The average molecular weight is 392 g/mol. The van der Waals surface area contributed by atoms with Gasteiger partial charge >= 0.3 is 6.09 Å². The van der Waals surface area contributed by atoms with Gasteiger partial charge in [-0.15, -0.1) is 0 Å². The van der Waals surface area contributed by atoms with Gasteiger partial charge in [0, 0.05) is 5.56 Å². The molecule has 0 aromatic heterocycles. The van der Waals surface area contributed by atoms with Gasteiger partial charge in [-0.25, -0.2) is 9.18 Å². The van der Waals surface area contributed by atoms with Crippen molar-refractivity contribution in [1.82, 2.24) is 4.90 Å². The maximum atomic E-state index is 14.5. The van der Waals surface area contributed by atoms with E-state index in [0.29, 0.717) is 25.2 Å². The number of hydrogen-bond acceptors (Lipinski definition) is 4. The van der Waals surface area contributed by atoms with Crippen LogP contribution >= 0.6 is 0 Å². The van der Waals surface area contributed by atoms with Gasteiger partial charge in [0.15, 0.2) is 0 Å². The molecule has 1 saturated heterocycles. The highest BCUT2D eigenvalue weighted by Gasteiger charge is 2.39. The van der Waals surface area contributed by atoms with Crippen LogP contribution in [0, 0.1) is 17.1 Å². The number of nitriles is 1. The summed E-state index contributed by atoms with van der Waals surface area (Å²) in [6.07, 6.45) is 2.20. The molecule has 2 aromatic carbocycles. The SMILES string of the molecule is N#CCc1ccc(F)c(C2=CC3COCC(C2)N3C(=O)OCc2ccccc2)c1. The van der Waals surface area contributed by atoms with Crippen LogP contribution in [0.4, 0.5) is 9.18 Å². The lowest BCUT2D eigenvalue weighted by atomic mass is 9.89. The van der Waals surface area contributed by atoms with Crippen LogP contribution in [0.5, 0.6) is 0 Å². The van der Waals surface area contributed by atoms with Crippen molar-refractivity contribution in [3.05, 3.63) is 77.1 Å². The average Bonchev–Trinajstić information content (AvgIpc) is 2.73. The van der Waals surface area contributed by atoms with Gasteiger partial charge in [0.2, 0.25) is 0 Å². The second-order valence-electron chi connectivity index (χ2n) is 7.25. The minimum atomic E-state index is -0.388. The van der Waals surface area contributed by atoms with Crippen LogP contribution < -0.4 is 0 Å². The largest absolute Gasteiger partial charge is 0.445 e. The van der Waals surface area contributed by atoms with Gasteiger partial charge in [-0.05, 0) is 35.3 Å². The van der Waals surface area contributed by atoms with Gasteiger partial charge in [-0.3, -0.25) is 4.90 Å². The number of carbonyl (C=O) groups excluding carboxylic acids is 1. The fourth-order valence-corrected chi connectivity index (χ4v) is 3.89. The monoisotopic (exact) mass is 392 g/mol. The Labute approximate surface area is 169 Å². The molecule has 148 valence electrons. The van der Waals surface area contributed by atoms with Crippen molar-refractivity contribution in [3.8, 4) is 6.07 Å². The molecule has 4 rings (SSSR count). The van der Waals surface area contributed by atoms with Gasteiger partial charge in [-0.2, -0.15) is 5.26 Å². The standard InChI is InChI=1S/C23H21FN2O3/c24-22-7-6-16(8-9-25)10-21(22)18-11-19-14-28-15-20(12-18)26(19)23(27)29-13-17-4-2-1-3-5-17/h1-7,10-11,19-20H,8,12-15H2. The molecular formula is C23H21FN2O3. The van der Waals surface area contributed by atoms with Gasteiger partial charge in [0.1, 0.15) is 12.4 Å². The second-order valence-corrected chi connectivity index (χ2v) is 7.25. The first-order chi connectivity index (χ1) is 14.2. The molecule has 2 aliphatic rings. The van der Waals surface area contributed by atoms with Crippen LogP contribution in [0.15, 0.2) is 54.6 Å². The third-order valence-electron chi connectivity index (χ3n) is 5.27. The Morgan fingerprint density at radius 1 is 1.21 bits per heavy atom. The van der Waals surface area contributed by atoms with Crippen molar-refractivity contribution >= 4 is 11.7 Å². The summed E-state index contributed by atoms with van der Waals surface area (Å²) >= 11 is 0. The number of carbonyl (C=O) groups is 1.